The number of hydrogen-bond acceptors (Lipinski definition) is 5. The number of aliphatic hydroxyl groups excluding tert-OH is 1. The molecule has 6 heteroatoms. The number of carbonyl (C=O) groups excluding carboxylic acids is 1. The first kappa shape index (κ1) is 16.4. The molecule has 0 aromatic heterocycles. The second-order valence-electron chi connectivity index (χ2n) is 4.43. The predicted octanol–water partition coefficient (Wildman–Crippen LogP) is 3.27. The van der Waals surface area contributed by atoms with Gasteiger partial charge in [-0.2, -0.15) is 0 Å². The summed E-state index contributed by atoms with van der Waals surface area (Å²) in [7, 11) is -3.72. The van der Waals surface area contributed by atoms with E-state index >= 15 is 0 Å². The minimum atomic E-state index is -3.72. The lowest BCUT2D eigenvalue weighted by molar-refractivity contribution is -0.122. The highest BCUT2D eigenvalue weighted by Crippen LogP contribution is 2.57. The average molecular weight is 264 g/mol. The van der Waals surface area contributed by atoms with E-state index in [2.05, 4.69) is 0 Å². The Balaban J connectivity index is 5.36. The molecule has 0 bridgehead atoms. The maximum Gasteiger partial charge on any atom is 0.368 e. The van der Waals surface area contributed by atoms with Crippen molar-refractivity contribution >= 4 is 13.4 Å². The van der Waals surface area contributed by atoms with Crippen molar-refractivity contribution < 1.29 is 23.5 Å². The van der Waals surface area contributed by atoms with Gasteiger partial charge in [-0.15, -0.1) is 0 Å². The summed E-state index contributed by atoms with van der Waals surface area (Å²) in [6, 6.07) is 0. The molecule has 100 valence electrons. The number of ketones is 1. The fourth-order valence-corrected chi connectivity index (χ4v) is 2.91. The summed E-state index contributed by atoms with van der Waals surface area (Å²) in [6.45, 7) is 8.55. The van der Waals surface area contributed by atoms with Crippen molar-refractivity contribution in [3.05, 3.63) is 11.6 Å². The van der Waals surface area contributed by atoms with Crippen LogP contribution in [0.1, 0.15) is 34.6 Å². The van der Waals surface area contributed by atoms with Crippen molar-refractivity contribution in [1.29, 1.82) is 0 Å². The maximum absolute atomic E-state index is 12.3. The van der Waals surface area contributed by atoms with E-state index < -0.39 is 18.8 Å². The Morgan fingerprint density at radius 2 is 1.65 bits per heavy atom. The molecule has 17 heavy (non-hydrogen) atoms. The van der Waals surface area contributed by atoms with E-state index in [0.717, 1.165) is 0 Å². The predicted molar refractivity (Wildman–Crippen MR) is 66.0 cm³/mol. The summed E-state index contributed by atoms with van der Waals surface area (Å²) >= 11 is 0. The molecule has 0 fully saturated rings. The van der Waals surface area contributed by atoms with Crippen molar-refractivity contribution in [1.82, 2.24) is 0 Å². The van der Waals surface area contributed by atoms with Gasteiger partial charge in [-0.1, -0.05) is 20.8 Å². The summed E-state index contributed by atoms with van der Waals surface area (Å²) in [5.41, 5.74) is -0.765. The molecular formula is C11H21O5P. The molecule has 0 aromatic carbocycles. The highest BCUT2D eigenvalue weighted by molar-refractivity contribution is 7.60. The molecule has 1 N–H and O–H groups in total. The Bertz CT molecular complexity index is 330. The van der Waals surface area contributed by atoms with Crippen molar-refractivity contribution in [2.24, 2.45) is 5.41 Å². The number of allylic oxidation sites excluding steroid dienone is 1. The normalized spacial score (nSPS) is 13.8. The van der Waals surface area contributed by atoms with Crippen molar-refractivity contribution in [3.63, 3.8) is 0 Å². The zero-order chi connectivity index (χ0) is 13.7. The van der Waals surface area contributed by atoms with Gasteiger partial charge in [0.2, 0.25) is 0 Å². The zero-order valence-electron chi connectivity index (χ0n) is 11.0. The summed E-state index contributed by atoms with van der Waals surface area (Å²) in [6.07, 6.45) is 0.527. The van der Waals surface area contributed by atoms with Crippen LogP contribution >= 0.6 is 7.60 Å². The summed E-state index contributed by atoms with van der Waals surface area (Å²) in [5, 5.41) is 8.84. The molecule has 0 unspecified atom stereocenters. The van der Waals surface area contributed by atoms with Gasteiger partial charge in [0.1, 0.15) is 5.31 Å². The third kappa shape index (κ3) is 4.26. The first-order chi connectivity index (χ1) is 7.72. The van der Waals surface area contributed by atoms with Crippen LogP contribution in [0.15, 0.2) is 11.6 Å². The second-order valence-corrected chi connectivity index (χ2v) is 6.42. The van der Waals surface area contributed by atoms with E-state index in [1.54, 1.807) is 34.6 Å². The van der Waals surface area contributed by atoms with Crippen molar-refractivity contribution in [2.75, 3.05) is 13.2 Å². The molecule has 0 aromatic rings. The molecule has 0 spiro atoms. The third-order valence-electron chi connectivity index (χ3n) is 1.93. The summed E-state index contributed by atoms with van der Waals surface area (Å²) in [4.78, 5) is 12.0. The van der Waals surface area contributed by atoms with Crippen LogP contribution in [0, 0.1) is 5.41 Å². The van der Waals surface area contributed by atoms with E-state index in [4.69, 9.17) is 14.2 Å². The van der Waals surface area contributed by atoms with Gasteiger partial charge in [-0.05, 0) is 13.8 Å². The van der Waals surface area contributed by atoms with Crippen LogP contribution in [0.5, 0.6) is 0 Å². The van der Waals surface area contributed by atoms with Gasteiger partial charge < -0.3 is 14.2 Å². The minimum absolute atomic E-state index is 0.131. The first-order valence-electron chi connectivity index (χ1n) is 5.51. The van der Waals surface area contributed by atoms with Crippen LogP contribution in [0.3, 0.4) is 0 Å². The minimum Gasteiger partial charge on any atom is -0.514 e. The van der Waals surface area contributed by atoms with E-state index in [1.807, 2.05) is 0 Å². The number of rotatable bonds is 6. The van der Waals surface area contributed by atoms with Crippen LogP contribution < -0.4 is 0 Å². The Hall–Kier alpha value is -0.640. The van der Waals surface area contributed by atoms with Crippen LogP contribution in [0.25, 0.3) is 0 Å². The van der Waals surface area contributed by atoms with Crippen molar-refractivity contribution in [3.8, 4) is 0 Å². The topological polar surface area (TPSA) is 72.8 Å². The fourth-order valence-electron chi connectivity index (χ4n) is 1.15. The number of carbonyl (C=O) groups is 1. The molecular weight excluding hydrogens is 243 g/mol. The Labute approximate surface area is 102 Å². The molecule has 5 nitrogen and oxygen atoms in total. The lowest BCUT2D eigenvalue weighted by atomic mass is 9.91. The highest BCUT2D eigenvalue weighted by atomic mass is 31.2. The SMILES string of the molecule is CCOP(=O)(OCC)C(=CO)C(=O)C(C)(C)C. The molecule has 0 saturated carbocycles. The summed E-state index contributed by atoms with van der Waals surface area (Å²) in [5.74, 6) is -0.453. The maximum atomic E-state index is 12.3. The number of aliphatic hydroxyl groups is 1. The van der Waals surface area contributed by atoms with Gasteiger partial charge in [0.25, 0.3) is 0 Å². The third-order valence-corrected chi connectivity index (χ3v) is 4.03. The lowest BCUT2D eigenvalue weighted by Gasteiger charge is -2.23. The van der Waals surface area contributed by atoms with Crippen LogP contribution in [0.4, 0.5) is 0 Å². The van der Waals surface area contributed by atoms with Crippen molar-refractivity contribution in [2.45, 2.75) is 34.6 Å². The zero-order valence-corrected chi connectivity index (χ0v) is 11.9. The van der Waals surface area contributed by atoms with Crippen LogP contribution in [0.2, 0.25) is 0 Å². The smallest absolute Gasteiger partial charge is 0.368 e. The van der Waals surface area contributed by atoms with Gasteiger partial charge in [0.05, 0.1) is 19.5 Å². The molecule has 0 atom stereocenters. The van der Waals surface area contributed by atoms with Gasteiger partial charge in [0, 0.05) is 5.41 Å². The average Bonchev–Trinajstić information content (AvgIpc) is 2.17. The molecule has 0 amide bonds. The van der Waals surface area contributed by atoms with E-state index in [9.17, 15) is 9.36 Å². The van der Waals surface area contributed by atoms with E-state index in [1.165, 1.54) is 0 Å². The first-order valence-corrected chi connectivity index (χ1v) is 7.06. The molecule has 0 aliphatic rings. The monoisotopic (exact) mass is 264 g/mol. The standard InChI is InChI=1S/C11H21O5P/c1-6-15-17(14,16-7-2)9(8-12)10(13)11(3,4)5/h8,12H,6-7H2,1-5H3. The largest absolute Gasteiger partial charge is 0.514 e. The lowest BCUT2D eigenvalue weighted by Crippen LogP contribution is -2.23. The Morgan fingerprint density at radius 1 is 1.24 bits per heavy atom. The van der Waals surface area contributed by atoms with Gasteiger partial charge in [-0.3, -0.25) is 9.36 Å². The second kappa shape index (κ2) is 6.34. The van der Waals surface area contributed by atoms with E-state index in [-0.39, 0.29) is 18.5 Å². The summed E-state index contributed by atoms with van der Waals surface area (Å²) < 4.78 is 22.4. The quantitative estimate of drug-likeness (QED) is 0.453. The number of Topliss-reactive ketones (excluding diaryl/α,β-unsaturated/α-hetero) is 1. The van der Waals surface area contributed by atoms with Crippen LogP contribution in [-0.4, -0.2) is 24.1 Å². The molecule has 0 saturated heterocycles. The Kier molecular flexibility index (Phi) is 6.10. The fraction of sp³-hybridized carbons (Fsp3) is 0.727. The molecule has 0 aliphatic carbocycles. The van der Waals surface area contributed by atoms with E-state index in [0.29, 0.717) is 6.26 Å². The molecule has 0 radical (unpaired) electrons. The molecule has 0 heterocycles. The van der Waals surface area contributed by atoms with Gasteiger partial charge in [0.15, 0.2) is 5.78 Å². The van der Waals surface area contributed by atoms with Crippen LogP contribution in [-0.2, 0) is 18.4 Å². The van der Waals surface area contributed by atoms with Gasteiger partial charge in [-0.25, -0.2) is 0 Å². The molecule has 0 aliphatic heterocycles. The Morgan fingerprint density at radius 3 is 1.88 bits per heavy atom. The number of hydrogen-bond donors (Lipinski definition) is 1. The highest BCUT2D eigenvalue weighted by Gasteiger charge is 2.39. The molecule has 0 rings (SSSR count). The van der Waals surface area contributed by atoms with Gasteiger partial charge >= 0.3 is 7.60 Å².